The summed E-state index contributed by atoms with van der Waals surface area (Å²) in [6.45, 7) is -1.01. The molecular formula is C14H19NO9S2. The lowest BCUT2D eigenvalue weighted by Crippen LogP contribution is -2.48. The Morgan fingerprint density at radius 3 is 2.38 bits per heavy atom. The van der Waals surface area contributed by atoms with Crippen molar-refractivity contribution in [1.82, 2.24) is 4.31 Å². The number of carboxylic acid groups (broad SMARTS) is 1. The van der Waals surface area contributed by atoms with Gasteiger partial charge in [0.2, 0.25) is 10.0 Å². The van der Waals surface area contributed by atoms with Crippen molar-refractivity contribution >= 4 is 25.8 Å². The highest BCUT2D eigenvalue weighted by Gasteiger charge is 2.46. The zero-order valence-corrected chi connectivity index (χ0v) is 15.7. The average Bonchev–Trinajstić information content (AvgIpc) is 2.83. The predicted octanol–water partition coefficient (Wildman–Crippen LogP) is -1.06. The normalized spacial score (nSPS) is 22.3. The van der Waals surface area contributed by atoms with E-state index in [1.54, 1.807) is 0 Å². The summed E-state index contributed by atoms with van der Waals surface area (Å²) in [6.07, 6.45) is -1.53. The molecule has 0 amide bonds. The van der Waals surface area contributed by atoms with E-state index in [2.05, 4.69) is 0 Å². The molecule has 26 heavy (non-hydrogen) atoms. The zero-order valence-electron chi connectivity index (χ0n) is 14.0. The van der Waals surface area contributed by atoms with E-state index < -0.39 is 56.0 Å². The second-order valence-corrected chi connectivity index (χ2v) is 9.69. The molecule has 1 aliphatic rings. The Morgan fingerprint density at radius 2 is 1.92 bits per heavy atom. The van der Waals surface area contributed by atoms with Gasteiger partial charge in [-0.25, -0.2) is 16.8 Å². The summed E-state index contributed by atoms with van der Waals surface area (Å²) < 4.78 is 60.1. The number of sulfone groups is 1. The number of carboxylic acids is 1. The quantitative estimate of drug-likeness (QED) is 0.575. The molecule has 12 heteroatoms. The fraction of sp³-hybridized carbons (Fsp3) is 0.500. The molecule has 1 aromatic carbocycles. The van der Waals surface area contributed by atoms with Crippen molar-refractivity contribution in [3.8, 4) is 11.5 Å². The van der Waals surface area contributed by atoms with Crippen molar-refractivity contribution in [2.75, 3.05) is 32.3 Å². The van der Waals surface area contributed by atoms with Crippen molar-refractivity contribution < 1.29 is 41.3 Å². The first-order valence-electron chi connectivity index (χ1n) is 7.36. The van der Waals surface area contributed by atoms with Crippen LogP contribution in [-0.4, -0.2) is 81.7 Å². The number of aliphatic carboxylic acids is 1. The Kier molecular flexibility index (Phi) is 5.80. The van der Waals surface area contributed by atoms with E-state index in [1.165, 1.54) is 26.4 Å². The van der Waals surface area contributed by atoms with Gasteiger partial charge in [-0.2, -0.15) is 4.31 Å². The van der Waals surface area contributed by atoms with Crippen LogP contribution in [-0.2, 0) is 24.7 Å². The Morgan fingerprint density at radius 1 is 1.27 bits per heavy atom. The summed E-state index contributed by atoms with van der Waals surface area (Å²) in [5.74, 6) is -2.58. The molecule has 2 rings (SSSR count). The zero-order chi connectivity index (χ0) is 19.7. The van der Waals surface area contributed by atoms with Crippen LogP contribution in [0.2, 0.25) is 0 Å². The van der Waals surface area contributed by atoms with Crippen LogP contribution in [0.3, 0.4) is 0 Å². The molecule has 0 radical (unpaired) electrons. The van der Waals surface area contributed by atoms with Gasteiger partial charge in [-0.3, -0.25) is 4.79 Å². The van der Waals surface area contributed by atoms with Gasteiger partial charge in [0.05, 0.1) is 37.9 Å². The van der Waals surface area contributed by atoms with Crippen LogP contribution >= 0.6 is 0 Å². The molecule has 1 saturated heterocycles. The molecule has 2 atom stereocenters. The monoisotopic (exact) mass is 409 g/mol. The molecule has 1 heterocycles. The van der Waals surface area contributed by atoms with Crippen molar-refractivity contribution in [2.24, 2.45) is 0 Å². The number of benzene rings is 1. The summed E-state index contributed by atoms with van der Waals surface area (Å²) in [5, 5.41) is 19.1. The molecule has 0 saturated carbocycles. The molecule has 146 valence electrons. The van der Waals surface area contributed by atoms with E-state index in [0.29, 0.717) is 10.1 Å². The lowest BCUT2D eigenvalue weighted by molar-refractivity contribution is -0.137. The molecule has 0 spiro atoms. The van der Waals surface area contributed by atoms with E-state index in [-0.39, 0.29) is 10.6 Å². The van der Waals surface area contributed by atoms with Crippen molar-refractivity contribution in [3.05, 3.63) is 18.2 Å². The summed E-state index contributed by atoms with van der Waals surface area (Å²) in [5.41, 5.74) is 0. The number of sulfonamides is 1. The molecule has 1 aromatic rings. The summed E-state index contributed by atoms with van der Waals surface area (Å²) >= 11 is 0. The van der Waals surface area contributed by atoms with Crippen LogP contribution in [0.25, 0.3) is 0 Å². The topological polar surface area (TPSA) is 148 Å². The lowest BCUT2D eigenvalue weighted by atomic mass is 10.2. The summed E-state index contributed by atoms with van der Waals surface area (Å²) in [7, 11) is -5.58. The van der Waals surface area contributed by atoms with Crippen LogP contribution in [0.15, 0.2) is 23.1 Å². The molecule has 0 bridgehead atoms. The van der Waals surface area contributed by atoms with E-state index in [9.17, 15) is 26.7 Å². The maximum atomic E-state index is 13.0. The second kappa shape index (κ2) is 7.39. The maximum Gasteiger partial charge on any atom is 0.318 e. The number of nitrogens with zero attached hydrogens (tertiary/aromatic N) is 1. The molecule has 0 aliphatic carbocycles. The van der Waals surface area contributed by atoms with Crippen LogP contribution in [0.4, 0.5) is 0 Å². The van der Waals surface area contributed by atoms with Gasteiger partial charge in [0, 0.05) is 6.07 Å². The maximum absolute atomic E-state index is 13.0. The van der Waals surface area contributed by atoms with Gasteiger partial charge in [-0.1, -0.05) is 0 Å². The summed E-state index contributed by atoms with van der Waals surface area (Å²) in [6, 6.07) is 2.40. The van der Waals surface area contributed by atoms with Crippen LogP contribution < -0.4 is 9.47 Å². The predicted molar refractivity (Wildman–Crippen MR) is 89.5 cm³/mol. The van der Waals surface area contributed by atoms with Crippen molar-refractivity contribution in [2.45, 2.75) is 17.0 Å². The number of hydrogen-bond donors (Lipinski definition) is 2. The number of hydrogen-bond acceptors (Lipinski definition) is 8. The first-order chi connectivity index (χ1) is 12.0. The SMILES string of the molecule is COc1ccc(S(=O)(=O)N(CC(=O)O)[C@H]2CS(=O)(=O)C[C@@H]2O)c(OC)c1. The highest BCUT2D eigenvalue weighted by atomic mass is 32.2. The molecule has 0 unspecified atom stereocenters. The van der Waals surface area contributed by atoms with Crippen molar-refractivity contribution in [3.63, 3.8) is 0 Å². The average molecular weight is 409 g/mol. The third-order valence-electron chi connectivity index (χ3n) is 3.91. The first kappa shape index (κ1) is 20.4. The smallest absolute Gasteiger partial charge is 0.318 e. The van der Waals surface area contributed by atoms with Gasteiger partial charge in [0.25, 0.3) is 0 Å². The summed E-state index contributed by atoms with van der Waals surface area (Å²) in [4.78, 5) is 10.8. The molecular weight excluding hydrogens is 390 g/mol. The Balaban J connectivity index is 2.55. The second-order valence-electron chi connectivity index (χ2n) is 5.67. The molecule has 1 fully saturated rings. The third-order valence-corrected chi connectivity index (χ3v) is 7.52. The minimum absolute atomic E-state index is 0.102. The molecule has 10 nitrogen and oxygen atoms in total. The fourth-order valence-corrected chi connectivity index (χ4v) is 6.35. The number of ether oxygens (including phenoxy) is 2. The highest BCUT2D eigenvalue weighted by Crippen LogP contribution is 2.33. The van der Waals surface area contributed by atoms with Gasteiger partial charge < -0.3 is 19.7 Å². The van der Waals surface area contributed by atoms with Crippen LogP contribution in [0.1, 0.15) is 0 Å². The van der Waals surface area contributed by atoms with Gasteiger partial charge in [0.1, 0.15) is 22.9 Å². The Labute approximate surface area is 150 Å². The van der Waals surface area contributed by atoms with Gasteiger partial charge in [-0.15, -0.1) is 0 Å². The number of aliphatic hydroxyl groups is 1. The minimum atomic E-state index is -4.48. The largest absolute Gasteiger partial charge is 0.497 e. The lowest BCUT2D eigenvalue weighted by Gasteiger charge is -2.28. The fourth-order valence-electron chi connectivity index (χ4n) is 2.71. The number of rotatable bonds is 7. The number of aliphatic hydroxyl groups excluding tert-OH is 1. The highest BCUT2D eigenvalue weighted by molar-refractivity contribution is 7.92. The van der Waals surface area contributed by atoms with Crippen LogP contribution in [0, 0.1) is 0 Å². The van der Waals surface area contributed by atoms with E-state index in [1.807, 2.05) is 0 Å². The Hall–Kier alpha value is -1.89. The van der Waals surface area contributed by atoms with Gasteiger partial charge >= 0.3 is 5.97 Å². The number of methoxy groups -OCH3 is 2. The standard InChI is InChI=1S/C14H19NO9S2/c1-23-9-3-4-13(12(5-9)24-2)26(21,22)15(6-14(17)18)10-7-25(19,20)8-11(10)16/h3-5,10-11,16H,6-8H2,1-2H3,(H,17,18)/t10-,11-/m0/s1. The van der Waals surface area contributed by atoms with E-state index >= 15 is 0 Å². The molecule has 0 aromatic heterocycles. The van der Waals surface area contributed by atoms with Crippen molar-refractivity contribution in [1.29, 1.82) is 0 Å². The minimum Gasteiger partial charge on any atom is -0.497 e. The molecule has 1 aliphatic heterocycles. The van der Waals surface area contributed by atoms with Crippen LogP contribution in [0.5, 0.6) is 11.5 Å². The van der Waals surface area contributed by atoms with E-state index in [4.69, 9.17) is 14.6 Å². The van der Waals surface area contributed by atoms with E-state index in [0.717, 1.165) is 6.07 Å². The molecule has 2 N–H and O–H groups in total. The first-order valence-corrected chi connectivity index (χ1v) is 10.6. The van der Waals surface area contributed by atoms with Gasteiger partial charge in [-0.05, 0) is 12.1 Å². The third kappa shape index (κ3) is 4.09. The number of carbonyl (C=O) groups is 1. The Bertz CT molecular complexity index is 895. The van der Waals surface area contributed by atoms with Gasteiger partial charge in [0.15, 0.2) is 9.84 Å².